The molecule has 39 valence electrons. The van der Waals surface area contributed by atoms with Gasteiger partial charge in [0.15, 0.2) is 0 Å². The van der Waals surface area contributed by atoms with Gasteiger partial charge in [0.1, 0.15) is 0 Å². The monoisotopic (exact) mass is 152 g/mol. The predicted octanol–water partition coefficient (Wildman–Crippen LogP) is 1.87. The Morgan fingerprint density at radius 2 is 2.14 bits per heavy atom. The Morgan fingerprint density at radius 1 is 1.57 bits per heavy atom. The Labute approximate surface area is 53.9 Å². The van der Waals surface area contributed by atoms with Crippen LogP contribution in [0.15, 0.2) is 0 Å². The Bertz CT molecular complexity index is 77.5. The molecule has 1 radical (unpaired) electrons. The number of nitrogens with zero attached hydrogens (tertiary/aromatic N) is 1. The Morgan fingerprint density at radius 3 is 2.29 bits per heavy atom. The fourth-order valence-electron chi connectivity index (χ4n) is 0.150. The third-order valence-corrected chi connectivity index (χ3v) is 2.19. The highest BCUT2D eigenvalue weighted by Gasteiger charge is 1.99. The molecule has 0 rings (SSSR count). The number of halogens is 2. The maximum atomic E-state index is 7.96. The van der Waals surface area contributed by atoms with E-state index in [1.54, 1.807) is 0 Å². The Balaban J connectivity index is 2.86. The highest BCUT2D eigenvalue weighted by molar-refractivity contribution is 7.33. The first kappa shape index (κ1) is 7.29. The number of hydrogen-bond donors (Lipinski definition) is 0. The smallest absolute Gasteiger partial charge is 0.198 e. The maximum absolute atomic E-state index is 7.96. The SMILES string of the molecule is N#CCC[Si](Cl)Cl. The second-order valence-electron chi connectivity index (χ2n) is 0.997. The molecular formula is C3H4Cl2NSi. The predicted molar refractivity (Wildman–Crippen MR) is 32.5 cm³/mol. The molecule has 0 atom stereocenters. The second-order valence-corrected chi connectivity index (χ2v) is 5.49. The summed E-state index contributed by atoms with van der Waals surface area (Å²) in [6, 6.07) is 2.63. The van der Waals surface area contributed by atoms with E-state index in [-0.39, 0.29) is 0 Å². The van der Waals surface area contributed by atoms with Crippen LogP contribution in [0.2, 0.25) is 6.04 Å². The van der Waals surface area contributed by atoms with Gasteiger partial charge in [-0.05, 0) is 6.04 Å². The number of hydrogen-bond acceptors (Lipinski definition) is 1. The zero-order valence-electron chi connectivity index (χ0n) is 3.62. The van der Waals surface area contributed by atoms with E-state index in [0.29, 0.717) is 12.5 Å². The zero-order chi connectivity index (χ0) is 5.70. The van der Waals surface area contributed by atoms with Crippen LogP contribution in [0.4, 0.5) is 0 Å². The minimum Gasteiger partial charge on any atom is -0.198 e. The van der Waals surface area contributed by atoms with Crippen molar-refractivity contribution in [2.45, 2.75) is 12.5 Å². The second kappa shape index (κ2) is 4.45. The van der Waals surface area contributed by atoms with Gasteiger partial charge >= 0.3 is 0 Å². The van der Waals surface area contributed by atoms with Crippen molar-refractivity contribution in [1.29, 1.82) is 5.26 Å². The van der Waals surface area contributed by atoms with E-state index in [1.807, 2.05) is 6.07 Å². The van der Waals surface area contributed by atoms with E-state index in [9.17, 15) is 0 Å². The van der Waals surface area contributed by atoms with Gasteiger partial charge in [-0.1, -0.05) is 0 Å². The van der Waals surface area contributed by atoms with Gasteiger partial charge in [0.25, 0.3) is 7.42 Å². The summed E-state index contributed by atoms with van der Waals surface area (Å²) in [6.45, 7) is 0. The summed E-state index contributed by atoms with van der Waals surface area (Å²) >= 11 is 10.7. The summed E-state index contributed by atoms with van der Waals surface area (Å²) in [5.41, 5.74) is 0. The molecule has 0 saturated heterocycles. The lowest BCUT2D eigenvalue weighted by Gasteiger charge is -1.85. The molecule has 0 aromatic heterocycles. The van der Waals surface area contributed by atoms with Crippen molar-refractivity contribution in [2.24, 2.45) is 0 Å². The first-order valence-corrected chi connectivity index (χ1v) is 5.54. The topological polar surface area (TPSA) is 23.8 Å². The summed E-state index contributed by atoms with van der Waals surface area (Å²) in [7, 11) is -1.18. The van der Waals surface area contributed by atoms with Crippen LogP contribution in [-0.2, 0) is 0 Å². The molecule has 7 heavy (non-hydrogen) atoms. The summed E-state index contributed by atoms with van der Waals surface area (Å²) in [4.78, 5) is 0. The van der Waals surface area contributed by atoms with Gasteiger partial charge in [0, 0.05) is 6.42 Å². The summed E-state index contributed by atoms with van der Waals surface area (Å²) < 4.78 is 0. The maximum Gasteiger partial charge on any atom is 0.274 e. The third kappa shape index (κ3) is 6.29. The molecule has 0 aliphatic carbocycles. The zero-order valence-corrected chi connectivity index (χ0v) is 6.13. The minimum absolute atomic E-state index is 0.487. The van der Waals surface area contributed by atoms with Crippen LogP contribution in [0.25, 0.3) is 0 Å². The molecule has 0 saturated carbocycles. The van der Waals surface area contributed by atoms with E-state index >= 15 is 0 Å². The minimum atomic E-state index is -1.18. The molecule has 0 N–H and O–H groups in total. The Hall–Kier alpha value is 0.287. The molecule has 0 amide bonds. The van der Waals surface area contributed by atoms with Crippen LogP contribution in [0.3, 0.4) is 0 Å². The van der Waals surface area contributed by atoms with Crippen molar-refractivity contribution < 1.29 is 0 Å². The lowest BCUT2D eigenvalue weighted by Crippen LogP contribution is -1.88. The highest BCUT2D eigenvalue weighted by Crippen LogP contribution is 2.04. The number of rotatable bonds is 2. The van der Waals surface area contributed by atoms with Crippen LogP contribution < -0.4 is 0 Å². The molecule has 0 heterocycles. The van der Waals surface area contributed by atoms with E-state index in [0.717, 1.165) is 0 Å². The van der Waals surface area contributed by atoms with Crippen LogP contribution in [-0.4, -0.2) is 7.42 Å². The average Bonchev–Trinajstić information content (AvgIpc) is 1.61. The van der Waals surface area contributed by atoms with Gasteiger partial charge in [-0.2, -0.15) is 5.26 Å². The van der Waals surface area contributed by atoms with Gasteiger partial charge in [-0.25, -0.2) is 0 Å². The molecule has 0 aromatic rings. The largest absolute Gasteiger partial charge is 0.274 e. The third-order valence-electron chi connectivity index (χ3n) is 0.426. The standard InChI is InChI=1S/C3H4Cl2NSi/c4-7(5)3-1-2-6/h1,3H2. The van der Waals surface area contributed by atoms with Crippen LogP contribution in [0.5, 0.6) is 0 Å². The molecule has 0 fully saturated rings. The molecule has 4 heteroatoms. The van der Waals surface area contributed by atoms with Crippen molar-refractivity contribution in [2.75, 3.05) is 0 Å². The van der Waals surface area contributed by atoms with E-state index < -0.39 is 7.42 Å². The first-order chi connectivity index (χ1) is 3.27. The molecule has 1 nitrogen and oxygen atoms in total. The number of nitriles is 1. The van der Waals surface area contributed by atoms with Crippen molar-refractivity contribution in [3.8, 4) is 6.07 Å². The van der Waals surface area contributed by atoms with Crippen LogP contribution in [0.1, 0.15) is 6.42 Å². The van der Waals surface area contributed by atoms with E-state index in [1.165, 1.54) is 0 Å². The van der Waals surface area contributed by atoms with Crippen LogP contribution in [0, 0.1) is 11.3 Å². The molecular weight excluding hydrogens is 149 g/mol. The molecule has 0 bridgehead atoms. The fraction of sp³-hybridized carbons (Fsp3) is 0.667. The fourth-order valence-corrected chi connectivity index (χ4v) is 1.02. The lowest BCUT2D eigenvalue weighted by atomic mass is 10.6. The van der Waals surface area contributed by atoms with Gasteiger partial charge in [0.05, 0.1) is 6.07 Å². The van der Waals surface area contributed by atoms with E-state index in [4.69, 9.17) is 27.4 Å². The summed E-state index contributed by atoms with van der Waals surface area (Å²) in [5, 5.41) is 7.96. The quantitative estimate of drug-likeness (QED) is 0.438. The van der Waals surface area contributed by atoms with Crippen LogP contribution >= 0.6 is 22.2 Å². The lowest BCUT2D eigenvalue weighted by molar-refractivity contribution is 1.21. The molecule has 0 aromatic carbocycles. The Kier molecular flexibility index (Phi) is 4.63. The average molecular weight is 153 g/mol. The van der Waals surface area contributed by atoms with Gasteiger partial charge in [0.2, 0.25) is 0 Å². The van der Waals surface area contributed by atoms with Crippen molar-refractivity contribution >= 4 is 29.6 Å². The summed E-state index contributed by atoms with van der Waals surface area (Å²) in [6.07, 6.45) is 0.487. The first-order valence-electron chi connectivity index (χ1n) is 1.81. The summed E-state index contributed by atoms with van der Waals surface area (Å²) in [5.74, 6) is 0. The molecule has 0 spiro atoms. The molecule has 0 aliphatic heterocycles. The van der Waals surface area contributed by atoms with Gasteiger partial charge < -0.3 is 0 Å². The van der Waals surface area contributed by atoms with Gasteiger partial charge in [-0.15, -0.1) is 22.2 Å². The van der Waals surface area contributed by atoms with Crippen molar-refractivity contribution in [3.05, 3.63) is 0 Å². The van der Waals surface area contributed by atoms with Gasteiger partial charge in [-0.3, -0.25) is 0 Å². The highest BCUT2D eigenvalue weighted by atomic mass is 35.7. The van der Waals surface area contributed by atoms with Crippen molar-refractivity contribution in [3.63, 3.8) is 0 Å². The normalized spacial score (nSPS) is 8.86. The van der Waals surface area contributed by atoms with E-state index in [2.05, 4.69) is 0 Å². The molecule has 0 unspecified atom stereocenters. The molecule has 0 aliphatic rings. The van der Waals surface area contributed by atoms with Crippen molar-refractivity contribution in [1.82, 2.24) is 0 Å².